The predicted molar refractivity (Wildman–Crippen MR) is 79.2 cm³/mol. The second-order valence-electron chi connectivity index (χ2n) is 5.24. The number of fused-ring (bicyclic) bond motifs is 1. The van der Waals surface area contributed by atoms with Crippen LogP contribution < -0.4 is 15.2 Å². The normalized spacial score (nSPS) is 14.3. The summed E-state index contributed by atoms with van der Waals surface area (Å²) in [5.74, 6) is 1.99. The molecule has 0 saturated heterocycles. The third-order valence-corrected chi connectivity index (χ3v) is 3.72. The van der Waals surface area contributed by atoms with Crippen molar-refractivity contribution in [3.05, 3.63) is 59.2 Å². The van der Waals surface area contributed by atoms with Crippen LogP contribution in [0.1, 0.15) is 22.6 Å². The maximum absolute atomic E-state index is 5.96. The first-order chi connectivity index (χ1) is 9.76. The fourth-order valence-electron chi connectivity index (χ4n) is 2.61. The van der Waals surface area contributed by atoms with Gasteiger partial charge in [0, 0.05) is 5.92 Å². The van der Waals surface area contributed by atoms with Gasteiger partial charge in [0.15, 0.2) is 11.5 Å². The van der Waals surface area contributed by atoms with E-state index >= 15 is 0 Å². The second-order valence-corrected chi connectivity index (χ2v) is 5.24. The maximum atomic E-state index is 5.96. The summed E-state index contributed by atoms with van der Waals surface area (Å²) in [6.07, 6.45) is 0.913. The van der Waals surface area contributed by atoms with Crippen LogP contribution in [-0.4, -0.2) is 13.3 Å². The van der Waals surface area contributed by atoms with Crippen molar-refractivity contribution in [1.29, 1.82) is 0 Å². The highest BCUT2D eigenvalue weighted by Crippen LogP contribution is 2.33. The zero-order chi connectivity index (χ0) is 13.9. The van der Waals surface area contributed by atoms with Crippen molar-refractivity contribution in [3.8, 4) is 11.5 Å². The first-order valence-corrected chi connectivity index (χ1v) is 6.91. The fourth-order valence-corrected chi connectivity index (χ4v) is 2.61. The van der Waals surface area contributed by atoms with Gasteiger partial charge < -0.3 is 15.2 Å². The Morgan fingerprint density at radius 2 is 1.95 bits per heavy atom. The summed E-state index contributed by atoms with van der Waals surface area (Å²) in [7, 11) is 0. The van der Waals surface area contributed by atoms with E-state index in [1.165, 1.54) is 16.7 Å². The van der Waals surface area contributed by atoms with Gasteiger partial charge in [-0.1, -0.05) is 35.9 Å². The lowest BCUT2D eigenvalue weighted by Gasteiger charge is -2.16. The van der Waals surface area contributed by atoms with Crippen molar-refractivity contribution in [3.63, 3.8) is 0 Å². The summed E-state index contributed by atoms with van der Waals surface area (Å²) < 4.78 is 10.8. The Balaban J connectivity index is 1.81. The smallest absolute Gasteiger partial charge is 0.231 e. The first kappa shape index (κ1) is 13.0. The lowest BCUT2D eigenvalue weighted by Crippen LogP contribution is -2.15. The monoisotopic (exact) mass is 269 g/mol. The molecule has 0 aliphatic carbocycles. The summed E-state index contributed by atoms with van der Waals surface area (Å²) in [5.41, 5.74) is 9.75. The number of ether oxygens (including phenoxy) is 2. The van der Waals surface area contributed by atoms with Crippen LogP contribution in [0.2, 0.25) is 0 Å². The van der Waals surface area contributed by atoms with Crippen LogP contribution >= 0.6 is 0 Å². The van der Waals surface area contributed by atoms with Gasteiger partial charge in [-0.25, -0.2) is 0 Å². The van der Waals surface area contributed by atoms with Crippen LogP contribution in [0.15, 0.2) is 42.5 Å². The Bertz CT molecular complexity index is 610. The Morgan fingerprint density at radius 1 is 1.10 bits per heavy atom. The molecule has 1 heterocycles. The highest BCUT2D eigenvalue weighted by molar-refractivity contribution is 5.45. The van der Waals surface area contributed by atoms with E-state index in [1.54, 1.807) is 0 Å². The summed E-state index contributed by atoms with van der Waals surface area (Å²) in [5, 5.41) is 0. The van der Waals surface area contributed by atoms with Crippen molar-refractivity contribution < 1.29 is 9.47 Å². The van der Waals surface area contributed by atoms with Crippen LogP contribution in [0, 0.1) is 6.92 Å². The highest BCUT2D eigenvalue weighted by atomic mass is 16.7. The van der Waals surface area contributed by atoms with Gasteiger partial charge in [0.05, 0.1) is 0 Å². The predicted octanol–water partition coefficient (Wildman–Crippen LogP) is 3.01. The van der Waals surface area contributed by atoms with E-state index in [0.29, 0.717) is 19.3 Å². The molecule has 1 aliphatic rings. The minimum absolute atomic E-state index is 0.316. The van der Waals surface area contributed by atoms with Gasteiger partial charge in [0.25, 0.3) is 0 Å². The van der Waals surface area contributed by atoms with Crippen molar-refractivity contribution >= 4 is 0 Å². The second kappa shape index (κ2) is 5.55. The molecule has 0 saturated carbocycles. The number of hydrogen-bond acceptors (Lipinski definition) is 3. The summed E-state index contributed by atoms with van der Waals surface area (Å²) in [6, 6.07) is 14.7. The lowest BCUT2D eigenvalue weighted by atomic mass is 9.91. The molecule has 0 radical (unpaired) electrons. The molecule has 1 unspecified atom stereocenters. The van der Waals surface area contributed by atoms with E-state index in [2.05, 4.69) is 43.3 Å². The quantitative estimate of drug-likeness (QED) is 0.928. The van der Waals surface area contributed by atoms with Crippen molar-refractivity contribution in [2.75, 3.05) is 13.3 Å². The van der Waals surface area contributed by atoms with E-state index < -0.39 is 0 Å². The molecular formula is C17H19NO2. The number of benzene rings is 2. The Morgan fingerprint density at radius 3 is 2.75 bits per heavy atom. The molecule has 2 N–H and O–H groups in total. The van der Waals surface area contributed by atoms with Crippen LogP contribution in [0.3, 0.4) is 0 Å². The molecule has 0 bridgehead atoms. The molecule has 2 aromatic carbocycles. The van der Waals surface area contributed by atoms with E-state index in [-0.39, 0.29) is 0 Å². The third kappa shape index (κ3) is 2.63. The van der Waals surface area contributed by atoms with Crippen molar-refractivity contribution in [2.45, 2.75) is 19.3 Å². The highest BCUT2D eigenvalue weighted by Gasteiger charge is 2.16. The third-order valence-electron chi connectivity index (χ3n) is 3.72. The fraction of sp³-hybridized carbons (Fsp3) is 0.294. The van der Waals surface area contributed by atoms with Crippen LogP contribution in [-0.2, 0) is 6.42 Å². The van der Waals surface area contributed by atoms with Gasteiger partial charge in [0.2, 0.25) is 6.79 Å². The van der Waals surface area contributed by atoms with Crippen LogP contribution in [0.5, 0.6) is 11.5 Å². The van der Waals surface area contributed by atoms with Crippen LogP contribution in [0.25, 0.3) is 0 Å². The molecule has 3 nitrogen and oxygen atoms in total. The number of rotatable bonds is 4. The van der Waals surface area contributed by atoms with Gasteiger partial charge in [-0.15, -0.1) is 0 Å². The number of aryl methyl sites for hydroxylation is 1. The SMILES string of the molecule is Cc1cccc(C(CN)Cc2ccc3c(c2)OCO3)c1. The van der Waals surface area contributed by atoms with E-state index in [9.17, 15) is 0 Å². The number of nitrogens with two attached hydrogens (primary N) is 1. The average molecular weight is 269 g/mol. The molecular weight excluding hydrogens is 250 g/mol. The first-order valence-electron chi connectivity index (χ1n) is 6.91. The van der Waals surface area contributed by atoms with Crippen molar-refractivity contribution in [2.24, 2.45) is 5.73 Å². The molecule has 104 valence electrons. The number of hydrogen-bond donors (Lipinski definition) is 1. The standard InChI is InChI=1S/C17H19NO2/c1-12-3-2-4-14(7-12)15(10-18)8-13-5-6-16-17(9-13)20-11-19-16/h2-7,9,15H,8,10-11,18H2,1H3. The Labute approximate surface area is 119 Å². The maximum Gasteiger partial charge on any atom is 0.231 e. The minimum Gasteiger partial charge on any atom is -0.454 e. The molecule has 1 aliphatic heterocycles. The average Bonchev–Trinajstić information content (AvgIpc) is 2.92. The van der Waals surface area contributed by atoms with Crippen LogP contribution in [0.4, 0.5) is 0 Å². The van der Waals surface area contributed by atoms with Gasteiger partial charge in [-0.3, -0.25) is 0 Å². The zero-order valence-corrected chi connectivity index (χ0v) is 11.6. The van der Waals surface area contributed by atoms with Gasteiger partial charge in [-0.05, 0) is 43.1 Å². The molecule has 0 aromatic heterocycles. The van der Waals surface area contributed by atoms with Gasteiger partial charge in [-0.2, -0.15) is 0 Å². The van der Waals surface area contributed by atoms with E-state index in [0.717, 1.165) is 17.9 Å². The minimum atomic E-state index is 0.316. The zero-order valence-electron chi connectivity index (χ0n) is 11.6. The van der Waals surface area contributed by atoms with Crippen molar-refractivity contribution in [1.82, 2.24) is 0 Å². The molecule has 2 aromatic rings. The molecule has 0 amide bonds. The van der Waals surface area contributed by atoms with Gasteiger partial charge in [0.1, 0.15) is 0 Å². The Hall–Kier alpha value is -2.00. The topological polar surface area (TPSA) is 44.5 Å². The molecule has 1 atom stereocenters. The molecule has 3 heteroatoms. The molecule has 20 heavy (non-hydrogen) atoms. The largest absolute Gasteiger partial charge is 0.454 e. The van der Waals surface area contributed by atoms with E-state index in [1.807, 2.05) is 6.07 Å². The summed E-state index contributed by atoms with van der Waals surface area (Å²) >= 11 is 0. The molecule has 0 fully saturated rings. The molecule has 3 rings (SSSR count). The molecule has 0 spiro atoms. The Kier molecular flexibility index (Phi) is 3.61. The lowest BCUT2D eigenvalue weighted by molar-refractivity contribution is 0.174. The summed E-state index contributed by atoms with van der Waals surface area (Å²) in [4.78, 5) is 0. The summed E-state index contributed by atoms with van der Waals surface area (Å²) in [6.45, 7) is 3.06. The van der Waals surface area contributed by atoms with E-state index in [4.69, 9.17) is 15.2 Å². The van der Waals surface area contributed by atoms with Gasteiger partial charge >= 0.3 is 0 Å².